The van der Waals surface area contributed by atoms with Gasteiger partial charge < -0.3 is 4.90 Å². The second kappa shape index (κ2) is 9.83. The highest BCUT2D eigenvalue weighted by Crippen LogP contribution is 2.25. The second-order valence-corrected chi connectivity index (χ2v) is 8.68. The lowest BCUT2D eigenvalue weighted by Crippen LogP contribution is -2.46. The number of amides is 1. The molecule has 2 heterocycles. The standard InChI is InChI=1S/C28H26N4O2/c33-20-22-9-6-10-25(17-22)23-12-14-24(15-13-23)27-19-32(30-29-27)28(34)31-16-5-4-11-26(31)18-21-7-2-1-3-8-21/h1-3,6-10,12-15,17,19-20,26H,4-5,11,16,18H2. The van der Waals surface area contributed by atoms with Crippen molar-refractivity contribution in [2.24, 2.45) is 0 Å². The van der Waals surface area contributed by atoms with Gasteiger partial charge in [0.25, 0.3) is 0 Å². The van der Waals surface area contributed by atoms with Crippen LogP contribution in [0.25, 0.3) is 22.4 Å². The molecule has 0 aliphatic carbocycles. The van der Waals surface area contributed by atoms with E-state index in [1.54, 1.807) is 12.3 Å². The molecule has 1 aliphatic heterocycles. The normalized spacial score (nSPS) is 15.8. The summed E-state index contributed by atoms with van der Waals surface area (Å²) in [6.07, 6.45) is 6.53. The highest BCUT2D eigenvalue weighted by molar-refractivity contribution is 5.80. The number of likely N-dealkylation sites (tertiary alicyclic amines) is 1. The molecule has 1 aliphatic rings. The third-order valence-electron chi connectivity index (χ3n) is 6.41. The average Bonchev–Trinajstić information content (AvgIpc) is 3.40. The van der Waals surface area contributed by atoms with Crippen LogP contribution in [0.3, 0.4) is 0 Å². The van der Waals surface area contributed by atoms with Gasteiger partial charge in [-0.25, -0.2) is 4.79 Å². The Morgan fingerprint density at radius 1 is 0.912 bits per heavy atom. The molecule has 4 aromatic rings. The Kier molecular flexibility index (Phi) is 6.29. The molecule has 0 spiro atoms. The highest BCUT2D eigenvalue weighted by atomic mass is 16.2. The maximum Gasteiger partial charge on any atom is 0.346 e. The van der Waals surface area contributed by atoms with Crippen LogP contribution >= 0.6 is 0 Å². The molecule has 0 bridgehead atoms. The Morgan fingerprint density at radius 3 is 2.50 bits per heavy atom. The third-order valence-corrected chi connectivity index (χ3v) is 6.41. The number of hydrogen-bond donors (Lipinski definition) is 0. The number of rotatable bonds is 5. The van der Waals surface area contributed by atoms with Gasteiger partial charge in [0, 0.05) is 23.7 Å². The summed E-state index contributed by atoms with van der Waals surface area (Å²) in [5.41, 5.74) is 5.40. The van der Waals surface area contributed by atoms with Crippen molar-refractivity contribution in [1.29, 1.82) is 0 Å². The van der Waals surface area contributed by atoms with Gasteiger partial charge in [-0.1, -0.05) is 78.0 Å². The van der Waals surface area contributed by atoms with Gasteiger partial charge in [0.15, 0.2) is 0 Å². The molecule has 5 rings (SSSR count). The van der Waals surface area contributed by atoms with Gasteiger partial charge in [0.05, 0.1) is 6.20 Å². The number of carbonyl (C=O) groups excluding carboxylic acids is 2. The molecule has 1 atom stereocenters. The van der Waals surface area contributed by atoms with E-state index >= 15 is 0 Å². The Bertz CT molecular complexity index is 1280. The smallest absolute Gasteiger partial charge is 0.320 e. The molecule has 1 aromatic heterocycles. The Hall–Kier alpha value is -4.06. The number of benzene rings is 3. The fourth-order valence-corrected chi connectivity index (χ4v) is 4.60. The molecule has 0 radical (unpaired) electrons. The van der Waals surface area contributed by atoms with Gasteiger partial charge in [0.2, 0.25) is 0 Å². The largest absolute Gasteiger partial charge is 0.346 e. The molecule has 0 N–H and O–H groups in total. The summed E-state index contributed by atoms with van der Waals surface area (Å²) in [5, 5.41) is 8.41. The van der Waals surface area contributed by atoms with E-state index in [9.17, 15) is 9.59 Å². The van der Waals surface area contributed by atoms with Crippen molar-refractivity contribution in [2.45, 2.75) is 31.7 Å². The first-order chi connectivity index (χ1) is 16.7. The van der Waals surface area contributed by atoms with Crippen LogP contribution in [0.4, 0.5) is 4.79 Å². The second-order valence-electron chi connectivity index (χ2n) is 8.68. The van der Waals surface area contributed by atoms with Crippen LogP contribution in [0.2, 0.25) is 0 Å². The Balaban J connectivity index is 1.32. The third kappa shape index (κ3) is 4.66. The lowest BCUT2D eigenvalue weighted by Gasteiger charge is -2.35. The molecule has 1 saturated heterocycles. The highest BCUT2D eigenvalue weighted by Gasteiger charge is 2.28. The number of piperidine rings is 1. The zero-order chi connectivity index (χ0) is 23.3. The van der Waals surface area contributed by atoms with Crippen LogP contribution in [0.5, 0.6) is 0 Å². The van der Waals surface area contributed by atoms with E-state index < -0.39 is 0 Å². The lowest BCUT2D eigenvalue weighted by molar-refractivity contribution is 0.112. The van der Waals surface area contributed by atoms with E-state index in [2.05, 4.69) is 22.4 Å². The van der Waals surface area contributed by atoms with E-state index in [-0.39, 0.29) is 12.1 Å². The molecule has 1 amide bonds. The molecule has 6 heteroatoms. The predicted octanol–water partition coefficient (Wildman–Crippen LogP) is 5.49. The summed E-state index contributed by atoms with van der Waals surface area (Å²) in [4.78, 5) is 26.3. The van der Waals surface area contributed by atoms with Crippen molar-refractivity contribution >= 4 is 12.3 Å². The Labute approximate surface area is 198 Å². The van der Waals surface area contributed by atoms with Gasteiger partial charge in [-0.2, -0.15) is 4.68 Å². The summed E-state index contributed by atoms with van der Waals surface area (Å²) in [6.45, 7) is 0.736. The topological polar surface area (TPSA) is 68.1 Å². The first-order valence-corrected chi connectivity index (χ1v) is 11.6. The van der Waals surface area contributed by atoms with Crippen molar-refractivity contribution < 1.29 is 9.59 Å². The monoisotopic (exact) mass is 450 g/mol. The van der Waals surface area contributed by atoms with Gasteiger partial charge in [-0.05, 0) is 48.4 Å². The van der Waals surface area contributed by atoms with Gasteiger partial charge >= 0.3 is 6.03 Å². The van der Waals surface area contributed by atoms with E-state index in [4.69, 9.17) is 0 Å². The molecule has 1 fully saturated rings. The zero-order valence-electron chi connectivity index (χ0n) is 18.9. The van der Waals surface area contributed by atoms with E-state index in [1.165, 1.54) is 10.2 Å². The van der Waals surface area contributed by atoms with Crippen molar-refractivity contribution in [3.8, 4) is 22.4 Å². The van der Waals surface area contributed by atoms with E-state index in [0.29, 0.717) is 11.3 Å². The van der Waals surface area contributed by atoms with Crippen molar-refractivity contribution in [3.63, 3.8) is 0 Å². The molecule has 1 unspecified atom stereocenters. The number of aldehydes is 1. The van der Waals surface area contributed by atoms with Crippen LogP contribution in [0, 0.1) is 0 Å². The van der Waals surface area contributed by atoms with E-state index in [0.717, 1.165) is 55.2 Å². The zero-order valence-corrected chi connectivity index (χ0v) is 18.9. The molecule has 6 nitrogen and oxygen atoms in total. The summed E-state index contributed by atoms with van der Waals surface area (Å²) in [7, 11) is 0. The number of carbonyl (C=O) groups is 2. The summed E-state index contributed by atoms with van der Waals surface area (Å²) in [6, 6.07) is 25.7. The first kappa shape index (κ1) is 21.8. The van der Waals surface area contributed by atoms with Gasteiger partial charge in [-0.15, -0.1) is 5.10 Å². The van der Waals surface area contributed by atoms with Gasteiger partial charge in [0.1, 0.15) is 12.0 Å². The number of hydrogen-bond acceptors (Lipinski definition) is 4. The fraction of sp³-hybridized carbons (Fsp3) is 0.214. The van der Waals surface area contributed by atoms with Crippen molar-refractivity contribution in [3.05, 3.63) is 96.2 Å². The summed E-state index contributed by atoms with van der Waals surface area (Å²) in [5.74, 6) is 0. The molecule has 170 valence electrons. The molecular formula is C28H26N4O2. The van der Waals surface area contributed by atoms with Crippen LogP contribution in [0.1, 0.15) is 35.2 Å². The molecule has 0 saturated carbocycles. The minimum absolute atomic E-state index is 0.123. The van der Waals surface area contributed by atoms with Crippen LogP contribution < -0.4 is 0 Å². The van der Waals surface area contributed by atoms with Crippen LogP contribution in [-0.4, -0.2) is 44.8 Å². The minimum atomic E-state index is -0.123. The van der Waals surface area contributed by atoms with Crippen LogP contribution in [-0.2, 0) is 6.42 Å². The summed E-state index contributed by atoms with van der Waals surface area (Å²) < 4.78 is 1.36. The molecule has 3 aromatic carbocycles. The summed E-state index contributed by atoms with van der Waals surface area (Å²) >= 11 is 0. The molecular weight excluding hydrogens is 424 g/mol. The maximum absolute atomic E-state index is 13.3. The van der Waals surface area contributed by atoms with Gasteiger partial charge in [-0.3, -0.25) is 4.79 Å². The number of nitrogens with zero attached hydrogens (tertiary/aromatic N) is 4. The quantitative estimate of drug-likeness (QED) is 0.377. The van der Waals surface area contributed by atoms with Crippen molar-refractivity contribution in [2.75, 3.05) is 6.54 Å². The SMILES string of the molecule is O=Cc1cccc(-c2ccc(-c3cn(C(=O)N4CCCCC4Cc4ccccc4)nn3)cc2)c1. The first-order valence-electron chi connectivity index (χ1n) is 11.6. The van der Waals surface area contributed by atoms with Crippen LogP contribution in [0.15, 0.2) is 85.1 Å². The predicted molar refractivity (Wildman–Crippen MR) is 132 cm³/mol. The fourth-order valence-electron chi connectivity index (χ4n) is 4.60. The van der Waals surface area contributed by atoms with Crippen molar-refractivity contribution in [1.82, 2.24) is 19.9 Å². The van der Waals surface area contributed by atoms with E-state index in [1.807, 2.05) is 65.6 Å². The average molecular weight is 451 g/mol. The lowest BCUT2D eigenvalue weighted by atomic mass is 9.96. The molecule has 34 heavy (non-hydrogen) atoms. The minimum Gasteiger partial charge on any atom is -0.320 e. The number of aromatic nitrogens is 3. The Morgan fingerprint density at radius 2 is 1.71 bits per heavy atom. The maximum atomic E-state index is 13.3.